The van der Waals surface area contributed by atoms with E-state index in [2.05, 4.69) is 57.0 Å². The number of aryl methyl sites for hydroxylation is 1. The quantitative estimate of drug-likeness (QED) is 0.819. The fourth-order valence-corrected chi connectivity index (χ4v) is 1.50. The summed E-state index contributed by atoms with van der Waals surface area (Å²) in [5.74, 6) is 0.525. The molecule has 2 N–H and O–H groups in total. The van der Waals surface area contributed by atoms with Gasteiger partial charge in [-0.05, 0) is 30.5 Å². The van der Waals surface area contributed by atoms with E-state index in [1.165, 1.54) is 11.3 Å². The van der Waals surface area contributed by atoms with Gasteiger partial charge in [-0.3, -0.25) is 0 Å². The lowest BCUT2D eigenvalue weighted by atomic mass is 10.0. The molecule has 1 aromatic rings. The summed E-state index contributed by atoms with van der Waals surface area (Å²) in [7, 11) is 2.09. The summed E-state index contributed by atoms with van der Waals surface area (Å²) in [5.41, 5.74) is 8.58. The zero-order valence-electron chi connectivity index (χ0n) is 10.2. The highest BCUT2D eigenvalue weighted by Crippen LogP contribution is 2.15. The SMILES string of the molecule is Cc1cccc(N(C)CC(N)C(C)C)c1. The highest BCUT2D eigenvalue weighted by molar-refractivity contribution is 5.47. The van der Waals surface area contributed by atoms with Crippen molar-refractivity contribution < 1.29 is 0 Å². The average Bonchev–Trinajstić information content (AvgIpc) is 2.17. The molecule has 0 amide bonds. The van der Waals surface area contributed by atoms with Crippen LogP contribution in [0.4, 0.5) is 5.69 Å². The molecule has 2 heteroatoms. The largest absolute Gasteiger partial charge is 0.373 e. The normalized spacial score (nSPS) is 12.9. The minimum absolute atomic E-state index is 0.232. The van der Waals surface area contributed by atoms with Crippen molar-refractivity contribution in [2.45, 2.75) is 26.8 Å². The maximum absolute atomic E-state index is 6.05. The number of hydrogen-bond donors (Lipinski definition) is 1. The van der Waals surface area contributed by atoms with E-state index in [-0.39, 0.29) is 6.04 Å². The van der Waals surface area contributed by atoms with Gasteiger partial charge in [0.15, 0.2) is 0 Å². The van der Waals surface area contributed by atoms with Gasteiger partial charge in [-0.15, -0.1) is 0 Å². The van der Waals surface area contributed by atoms with Gasteiger partial charge in [0.1, 0.15) is 0 Å². The summed E-state index contributed by atoms with van der Waals surface area (Å²) in [6.45, 7) is 7.34. The Morgan fingerprint density at radius 3 is 2.53 bits per heavy atom. The fraction of sp³-hybridized carbons (Fsp3) is 0.538. The van der Waals surface area contributed by atoms with Gasteiger partial charge in [-0.1, -0.05) is 26.0 Å². The number of benzene rings is 1. The monoisotopic (exact) mass is 206 g/mol. The molecule has 0 radical (unpaired) electrons. The molecule has 0 aliphatic carbocycles. The van der Waals surface area contributed by atoms with Gasteiger partial charge in [0.25, 0.3) is 0 Å². The lowest BCUT2D eigenvalue weighted by molar-refractivity contribution is 0.493. The molecule has 1 aromatic carbocycles. The van der Waals surface area contributed by atoms with E-state index in [1.54, 1.807) is 0 Å². The van der Waals surface area contributed by atoms with Crippen LogP contribution >= 0.6 is 0 Å². The van der Waals surface area contributed by atoms with Crippen LogP contribution in [0.3, 0.4) is 0 Å². The Hall–Kier alpha value is -1.02. The Morgan fingerprint density at radius 2 is 2.00 bits per heavy atom. The van der Waals surface area contributed by atoms with Crippen LogP contribution in [0.25, 0.3) is 0 Å². The third kappa shape index (κ3) is 3.56. The number of likely N-dealkylation sites (N-methyl/N-ethyl adjacent to an activating group) is 1. The lowest BCUT2D eigenvalue weighted by Crippen LogP contribution is -2.38. The van der Waals surface area contributed by atoms with Crippen molar-refractivity contribution in [2.75, 3.05) is 18.5 Å². The van der Waals surface area contributed by atoms with Crippen molar-refractivity contribution in [3.63, 3.8) is 0 Å². The lowest BCUT2D eigenvalue weighted by Gasteiger charge is -2.25. The summed E-state index contributed by atoms with van der Waals surface area (Å²) in [4.78, 5) is 2.22. The number of anilines is 1. The molecular formula is C13H22N2. The average molecular weight is 206 g/mol. The third-order valence-corrected chi connectivity index (χ3v) is 2.78. The predicted octanol–water partition coefficient (Wildman–Crippen LogP) is 2.41. The zero-order chi connectivity index (χ0) is 11.4. The van der Waals surface area contributed by atoms with Crippen LogP contribution in [0.5, 0.6) is 0 Å². The van der Waals surface area contributed by atoms with Crippen LogP contribution in [0, 0.1) is 12.8 Å². The minimum atomic E-state index is 0.232. The van der Waals surface area contributed by atoms with Crippen molar-refractivity contribution in [2.24, 2.45) is 11.7 Å². The Balaban J connectivity index is 2.64. The molecule has 1 rings (SSSR count). The van der Waals surface area contributed by atoms with Gasteiger partial charge >= 0.3 is 0 Å². The summed E-state index contributed by atoms with van der Waals surface area (Å²) < 4.78 is 0. The molecule has 0 fully saturated rings. The van der Waals surface area contributed by atoms with Gasteiger partial charge in [0, 0.05) is 25.3 Å². The molecule has 15 heavy (non-hydrogen) atoms. The van der Waals surface area contributed by atoms with Crippen LogP contribution in [-0.4, -0.2) is 19.6 Å². The van der Waals surface area contributed by atoms with Crippen molar-refractivity contribution in [1.82, 2.24) is 0 Å². The topological polar surface area (TPSA) is 29.3 Å². The first kappa shape index (κ1) is 12.1. The Kier molecular flexibility index (Phi) is 4.15. The van der Waals surface area contributed by atoms with Crippen molar-refractivity contribution >= 4 is 5.69 Å². The van der Waals surface area contributed by atoms with Gasteiger partial charge < -0.3 is 10.6 Å². The van der Waals surface area contributed by atoms with E-state index < -0.39 is 0 Å². The smallest absolute Gasteiger partial charge is 0.0366 e. The molecule has 0 saturated heterocycles. The van der Waals surface area contributed by atoms with E-state index in [0.717, 1.165) is 6.54 Å². The number of rotatable bonds is 4. The summed E-state index contributed by atoms with van der Waals surface area (Å²) in [5, 5.41) is 0. The first-order chi connectivity index (χ1) is 7.00. The summed E-state index contributed by atoms with van der Waals surface area (Å²) in [6.07, 6.45) is 0. The first-order valence-electron chi connectivity index (χ1n) is 5.54. The van der Waals surface area contributed by atoms with Gasteiger partial charge in [-0.25, -0.2) is 0 Å². The van der Waals surface area contributed by atoms with Crippen LogP contribution in [0.2, 0.25) is 0 Å². The maximum Gasteiger partial charge on any atom is 0.0366 e. The molecule has 84 valence electrons. The molecule has 0 saturated carbocycles. The van der Waals surface area contributed by atoms with Crippen molar-refractivity contribution in [3.05, 3.63) is 29.8 Å². The van der Waals surface area contributed by atoms with E-state index in [0.29, 0.717) is 5.92 Å². The first-order valence-corrected chi connectivity index (χ1v) is 5.54. The Morgan fingerprint density at radius 1 is 1.33 bits per heavy atom. The van der Waals surface area contributed by atoms with Gasteiger partial charge in [-0.2, -0.15) is 0 Å². The molecule has 0 heterocycles. The van der Waals surface area contributed by atoms with Gasteiger partial charge in [0.05, 0.1) is 0 Å². The molecule has 0 aliphatic rings. The molecule has 0 bridgehead atoms. The molecule has 1 unspecified atom stereocenters. The highest BCUT2D eigenvalue weighted by atomic mass is 15.1. The highest BCUT2D eigenvalue weighted by Gasteiger charge is 2.10. The maximum atomic E-state index is 6.05. The van der Waals surface area contributed by atoms with E-state index in [1.807, 2.05) is 0 Å². The zero-order valence-corrected chi connectivity index (χ0v) is 10.2. The van der Waals surface area contributed by atoms with Crippen LogP contribution < -0.4 is 10.6 Å². The number of nitrogens with two attached hydrogens (primary N) is 1. The molecular weight excluding hydrogens is 184 g/mol. The molecule has 0 aromatic heterocycles. The van der Waals surface area contributed by atoms with E-state index in [4.69, 9.17) is 5.73 Å². The molecule has 0 aliphatic heterocycles. The van der Waals surface area contributed by atoms with E-state index >= 15 is 0 Å². The fourth-order valence-electron chi connectivity index (χ4n) is 1.50. The second kappa shape index (κ2) is 5.17. The van der Waals surface area contributed by atoms with E-state index in [9.17, 15) is 0 Å². The number of hydrogen-bond acceptors (Lipinski definition) is 2. The standard InChI is InChI=1S/C13H22N2/c1-10(2)13(14)9-15(4)12-7-5-6-11(3)8-12/h5-8,10,13H,9,14H2,1-4H3. The van der Waals surface area contributed by atoms with Crippen LogP contribution in [0.1, 0.15) is 19.4 Å². The summed E-state index contributed by atoms with van der Waals surface area (Å²) >= 11 is 0. The second-order valence-electron chi connectivity index (χ2n) is 4.63. The Labute approximate surface area is 93.1 Å². The minimum Gasteiger partial charge on any atom is -0.373 e. The third-order valence-electron chi connectivity index (χ3n) is 2.78. The Bertz CT molecular complexity index is 307. The molecule has 1 atom stereocenters. The summed E-state index contributed by atoms with van der Waals surface area (Å²) in [6, 6.07) is 8.74. The van der Waals surface area contributed by atoms with Crippen molar-refractivity contribution in [1.29, 1.82) is 0 Å². The van der Waals surface area contributed by atoms with Crippen LogP contribution in [0.15, 0.2) is 24.3 Å². The van der Waals surface area contributed by atoms with Crippen LogP contribution in [-0.2, 0) is 0 Å². The van der Waals surface area contributed by atoms with Gasteiger partial charge in [0.2, 0.25) is 0 Å². The van der Waals surface area contributed by atoms with Crippen molar-refractivity contribution in [3.8, 4) is 0 Å². The molecule has 0 spiro atoms. The second-order valence-corrected chi connectivity index (χ2v) is 4.63. The molecule has 2 nitrogen and oxygen atoms in total. The predicted molar refractivity (Wildman–Crippen MR) is 67.3 cm³/mol. The number of nitrogens with zero attached hydrogens (tertiary/aromatic N) is 1.